The summed E-state index contributed by atoms with van der Waals surface area (Å²) in [5.41, 5.74) is 2.13. The summed E-state index contributed by atoms with van der Waals surface area (Å²) in [6.45, 7) is 2.32. The molecule has 2 unspecified atom stereocenters. The molecule has 20 heavy (non-hydrogen) atoms. The van der Waals surface area contributed by atoms with E-state index in [-0.39, 0.29) is 12.2 Å². The van der Waals surface area contributed by atoms with Crippen molar-refractivity contribution < 1.29 is 4.39 Å². The third-order valence-corrected chi connectivity index (χ3v) is 5.05. The second-order valence-electron chi connectivity index (χ2n) is 6.50. The molecule has 1 saturated carbocycles. The molecule has 2 nitrogen and oxygen atoms in total. The van der Waals surface area contributed by atoms with E-state index in [1.54, 1.807) is 12.1 Å². The van der Waals surface area contributed by atoms with Crippen LogP contribution in [-0.2, 0) is 12.8 Å². The van der Waals surface area contributed by atoms with Crippen LogP contribution in [0.2, 0.25) is 0 Å². The van der Waals surface area contributed by atoms with Gasteiger partial charge in [0.25, 0.3) is 0 Å². The van der Waals surface area contributed by atoms with Crippen molar-refractivity contribution in [2.24, 2.45) is 11.3 Å². The Balaban J connectivity index is 1.64. The van der Waals surface area contributed by atoms with Gasteiger partial charge < -0.3 is 5.32 Å². The van der Waals surface area contributed by atoms with Crippen molar-refractivity contribution in [3.05, 3.63) is 35.1 Å². The van der Waals surface area contributed by atoms with Gasteiger partial charge >= 0.3 is 0 Å². The Morgan fingerprint density at radius 3 is 3.00 bits per heavy atom. The lowest BCUT2D eigenvalue weighted by Crippen LogP contribution is -2.20. The zero-order chi connectivity index (χ0) is 14.0. The highest BCUT2D eigenvalue weighted by Gasteiger charge is 2.40. The van der Waals surface area contributed by atoms with Crippen molar-refractivity contribution in [2.45, 2.75) is 38.5 Å². The van der Waals surface area contributed by atoms with Gasteiger partial charge in [0.1, 0.15) is 5.82 Å². The van der Waals surface area contributed by atoms with E-state index in [2.05, 4.69) is 5.32 Å². The summed E-state index contributed by atoms with van der Waals surface area (Å²) in [4.78, 5) is 0. The summed E-state index contributed by atoms with van der Waals surface area (Å²) in [6.07, 6.45) is 6.30. The van der Waals surface area contributed by atoms with Crippen molar-refractivity contribution in [2.75, 3.05) is 13.1 Å². The van der Waals surface area contributed by atoms with E-state index in [0.29, 0.717) is 16.9 Å². The second kappa shape index (κ2) is 5.54. The first-order valence-electron chi connectivity index (χ1n) is 7.56. The number of benzene rings is 1. The quantitative estimate of drug-likeness (QED) is 0.917. The van der Waals surface area contributed by atoms with Gasteiger partial charge in [-0.05, 0) is 61.6 Å². The number of hydrogen-bond acceptors (Lipinski definition) is 2. The fraction of sp³-hybridized carbons (Fsp3) is 0.588. The highest BCUT2D eigenvalue weighted by Crippen LogP contribution is 2.46. The third-order valence-electron chi connectivity index (χ3n) is 5.05. The minimum atomic E-state index is -0.223. The Bertz CT molecular complexity index is 526. The molecule has 0 radical (unpaired) electrons. The highest BCUT2D eigenvalue weighted by atomic mass is 19.1. The van der Waals surface area contributed by atoms with Crippen LogP contribution in [-0.4, -0.2) is 13.1 Å². The molecule has 1 aromatic carbocycles. The first kappa shape index (κ1) is 13.6. The average molecular weight is 272 g/mol. The number of nitrogens with one attached hydrogen (secondary N) is 1. The molecule has 3 rings (SSSR count). The van der Waals surface area contributed by atoms with Gasteiger partial charge in [0, 0.05) is 12.1 Å². The lowest BCUT2D eigenvalue weighted by Gasteiger charge is -2.21. The summed E-state index contributed by atoms with van der Waals surface area (Å²) < 4.78 is 13.8. The van der Waals surface area contributed by atoms with Crippen LogP contribution in [0.5, 0.6) is 0 Å². The molecule has 1 heterocycles. The predicted octanol–water partition coefficient (Wildman–Crippen LogP) is 3.21. The molecule has 0 amide bonds. The van der Waals surface area contributed by atoms with Crippen LogP contribution >= 0.6 is 0 Å². The number of rotatable bonds is 3. The van der Waals surface area contributed by atoms with Crippen LogP contribution in [0.4, 0.5) is 4.39 Å². The van der Waals surface area contributed by atoms with Crippen LogP contribution < -0.4 is 5.32 Å². The minimum Gasteiger partial charge on any atom is -0.316 e. The lowest BCUT2D eigenvalue weighted by atomic mass is 9.84. The molecule has 1 aromatic rings. The van der Waals surface area contributed by atoms with E-state index in [4.69, 9.17) is 5.26 Å². The Morgan fingerprint density at radius 2 is 2.30 bits per heavy atom. The fourth-order valence-corrected chi connectivity index (χ4v) is 3.96. The number of hydrogen-bond donors (Lipinski definition) is 1. The summed E-state index contributed by atoms with van der Waals surface area (Å²) in [5, 5.41) is 12.1. The molecule has 1 aliphatic carbocycles. The van der Waals surface area contributed by atoms with Crippen molar-refractivity contribution in [1.29, 1.82) is 5.26 Å². The number of nitriles is 1. The topological polar surface area (TPSA) is 35.8 Å². The normalized spacial score (nSPS) is 28.9. The van der Waals surface area contributed by atoms with Gasteiger partial charge in [-0.1, -0.05) is 12.1 Å². The van der Waals surface area contributed by atoms with Gasteiger partial charge in [-0.15, -0.1) is 0 Å². The lowest BCUT2D eigenvalue weighted by molar-refractivity contribution is 0.319. The largest absolute Gasteiger partial charge is 0.316 e. The van der Waals surface area contributed by atoms with Gasteiger partial charge in [-0.2, -0.15) is 5.26 Å². The molecular formula is C17H21FN2. The maximum atomic E-state index is 13.8. The minimum absolute atomic E-state index is 0.157. The van der Waals surface area contributed by atoms with E-state index in [1.165, 1.54) is 32.2 Å². The van der Waals surface area contributed by atoms with Crippen molar-refractivity contribution in [3.8, 4) is 6.07 Å². The highest BCUT2D eigenvalue weighted by molar-refractivity contribution is 5.27. The van der Waals surface area contributed by atoms with Crippen molar-refractivity contribution in [3.63, 3.8) is 0 Å². The van der Waals surface area contributed by atoms with Gasteiger partial charge in [0.15, 0.2) is 0 Å². The van der Waals surface area contributed by atoms with E-state index in [1.807, 2.05) is 12.1 Å². The molecule has 1 aliphatic heterocycles. The smallest absolute Gasteiger partial charge is 0.127 e. The second-order valence-corrected chi connectivity index (χ2v) is 6.50. The van der Waals surface area contributed by atoms with Gasteiger partial charge in [-0.3, -0.25) is 0 Å². The molecule has 2 atom stereocenters. The molecular weight excluding hydrogens is 251 g/mol. The first-order chi connectivity index (χ1) is 9.71. The zero-order valence-electron chi connectivity index (χ0n) is 11.8. The molecule has 106 valence electrons. The summed E-state index contributed by atoms with van der Waals surface area (Å²) >= 11 is 0. The number of halogens is 1. The van der Waals surface area contributed by atoms with E-state index < -0.39 is 0 Å². The maximum absolute atomic E-state index is 13.8. The summed E-state index contributed by atoms with van der Waals surface area (Å²) in [6, 6.07) is 7.40. The van der Waals surface area contributed by atoms with Crippen LogP contribution in [0.15, 0.2) is 18.2 Å². The van der Waals surface area contributed by atoms with Crippen molar-refractivity contribution >= 4 is 0 Å². The Hall–Kier alpha value is -1.40. The SMILES string of the molecule is N#CCc1ccc(CC2CCC3(CCNC3)C2)cc1F. The van der Waals surface area contributed by atoms with E-state index in [0.717, 1.165) is 18.5 Å². The van der Waals surface area contributed by atoms with Crippen LogP contribution in [0.1, 0.15) is 36.8 Å². The van der Waals surface area contributed by atoms with Crippen LogP contribution in [0.3, 0.4) is 0 Å². The first-order valence-corrected chi connectivity index (χ1v) is 7.56. The molecule has 0 aromatic heterocycles. The van der Waals surface area contributed by atoms with Crippen LogP contribution in [0.25, 0.3) is 0 Å². The Labute approximate surface area is 120 Å². The predicted molar refractivity (Wildman–Crippen MR) is 76.7 cm³/mol. The zero-order valence-corrected chi connectivity index (χ0v) is 11.8. The molecule has 2 aliphatic rings. The molecule has 1 N–H and O–H groups in total. The average Bonchev–Trinajstić information content (AvgIpc) is 3.04. The monoisotopic (exact) mass is 272 g/mol. The van der Waals surface area contributed by atoms with Crippen LogP contribution in [0, 0.1) is 28.5 Å². The number of nitrogens with zero attached hydrogens (tertiary/aromatic N) is 1. The van der Waals surface area contributed by atoms with Gasteiger partial charge in [-0.25, -0.2) is 4.39 Å². The maximum Gasteiger partial charge on any atom is 0.127 e. The van der Waals surface area contributed by atoms with Gasteiger partial charge in [0.2, 0.25) is 0 Å². The summed E-state index contributed by atoms with van der Waals surface area (Å²) in [7, 11) is 0. The molecule has 1 spiro atoms. The molecule has 0 bridgehead atoms. The molecule has 1 saturated heterocycles. The Kier molecular flexibility index (Phi) is 3.76. The third kappa shape index (κ3) is 2.71. The van der Waals surface area contributed by atoms with E-state index >= 15 is 0 Å². The molecule has 2 fully saturated rings. The molecule has 3 heteroatoms. The standard InChI is InChI=1S/C17H21FN2/c18-16-10-13(1-2-15(16)4-7-19)9-14-3-5-17(11-14)6-8-20-12-17/h1-2,10,14,20H,3-6,8-9,11-12H2. The summed E-state index contributed by atoms with van der Waals surface area (Å²) in [5.74, 6) is 0.468. The Morgan fingerprint density at radius 1 is 1.40 bits per heavy atom. The van der Waals surface area contributed by atoms with Crippen molar-refractivity contribution in [1.82, 2.24) is 5.32 Å². The fourth-order valence-electron chi connectivity index (χ4n) is 3.96. The van der Waals surface area contributed by atoms with E-state index in [9.17, 15) is 4.39 Å². The van der Waals surface area contributed by atoms with Gasteiger partial charge in [0.05, 0.1) is 12.5 Å².